The Balaban J connectivity index is 1.40. The van der Waals surface area contributed by atoms with Crippen LogP contribution < -0.4 is 0 Å². The Morgan fingerprint density at radius 3 is 2.54 bits per heavy atom. The van der Waals surface area contributed by atoms with Crippen LogP contribution in [0.25, 0.3) is 22.5 Å². The lowest BCUT2D eigenvalue weighted by molar-refractivity contribution is -0.208. The molecule has 0 spiro atoms. The molecule has 7 nitrogen and oxygen atoms in total. The fourth-order valence-electron chi connectivity index (χ4n) is 6.34. The van der Waals surface area contributed by atoms with Gasteiger partial charge in [-0.2, -0.15) is 23.4 Å². The van der Waals surface area contributed by atoms with Gasteiger partial charge in [0, 0.05) is 18.0 Å². The summed E-state index contributed by atoms with van der Waals surface area (Å²) in [5, 5.41) is 22.0. The molecule has 3 atom stereocenters. The first kappa shape index (κ1) is 25.5. The van der Waals surface area contributed by atoms with Crippen LogP contribution in [-0.2, 0) is 12.0 Å². The molecule has 202 valence electrons. The summed E-state index contributed by atoms with van der Waals surface area (Å²) in [5.41, 5.74) is 1.83. The molecule has 2 aliphatic carbocycles. The Bertz CT molecular complexity index is 1560. The molecule has 3 heterocycles. The average Bonchev–Trinajstić information content (AvgIpc) is 3.51. The lowest BCUT2D eigenvalue weighted by atomic mass is 9.66. The highest BCUT2D eigenvalue weighted by Crippen LogP contribution is 2.69. The summed E-state index contributed by atoms with van der Waals surface area (Å²) in [5.74, 6) is -1.40. The van der Waals surface area contributed by atoms with Crippen LogP contribution in [0, 0.1) is 17.0 Å². The van der Waals surface area contributed by atoms with Gasteiger partial charge in [0.05, 0.1) is 52.7 Å². The smallest absolute Gasteiger partial charge is 0.382 e. The molecular formula is C27H23F5N6O. The SMILES string of the molecule is CC1(C)[C@H]2CC[C@]1(c1cncc(-c3cnn(C[C@@H](O)C(F)(F)F)c3)n1)c1nnc(-c3c(F)cccc3F)cc12. The number of nitrogens with zero attached hydrogens (tertiary/aromatic N) is 6. The van der Waals surface area contributed by atoms with E-state index in [1.165, 1.54) is 36.8 Å². The lowest BCUT2D eigenvalue weighted by Gasteiger charge is -2.37. The second kappa shape index (κ2) is 8.60. The van der Waals surface area contributed by atoms with Gasteiger partial charge in [-0.15, -0.1) is 5.10 Å². The van der Waals surface area contributed by atoms with Crippen LogP contribution in [0.3, 0.4) is 0 Å². The molecule has 0 aliphatic heterocycles. The molecule has 2 aliphatic rings. The van der Waals surface area contributed by atoms with E-state index in [0.29, 0.717) is 29.1 Å². The predicted octanol–water partition coefficient (Wildman–Crippen LogP) is 5.20. The Hall–Kier alpha value is -3.80. The van der Waals surface area contributed by atoms with Crippen molar-refractivity contribution in [3.63, 3.8) is 0 Å². The number of hydrogen-bond acceptors (Lipinski definition) is 6. The van der Waals surface area contributed by atoms with Crippen molar-refractivity contribution >= 4 is 0 Å². The fraction of sp³-hybridized carbons (Fsp3) is 0.370. The largest absolute Gasteiger partial charge is 0.416 e. The van der Waals surface area contributed by atoms with Gasteiger partial charge >= 0.3 is 6.18 Å². The van der Waals surface area contributed by atoms with Gasteiger partial charge in [-0.3, -0.25) is 9.67 Å². The van der Waals surface area contributed by atoms with Crippen molar-refractivity contribution in [3.05, 3.63) is 77.6 Å². The first-order valence-electron chi connectivity index (χ1n) is 12.4. The molecule has 0 unspecified atom stereocenters. The van der Waals surface area contributed by atoms with E-state index in [9.17, 15) is 27.1 Å². The van der Waals surface area contributed by atoms with Crippen LogP contribution in [0.5, 0.6) is 0 Å². The van der Waals surface area contributed by atoms with Crippen LogP contribution >= 0.6 is 0 Å². The van der Waals surface area contributed by atoms with E-state index < -0.39 is 35.9 Å². The van der Waals surface area contributed by atoms with Crippen molar-refractivity contribution in [1.82, 2.24) is 29.9 Å². The number of rotatable bonds is 5. The van der Waals surface area contributed by atoms with Gasteiger partial charge in [0.15, 0.2) is 6.10 Å². The number of aliphatic hydroxyl groups excluding tert-OH is 1. The van der Waals surface area contributed by atoms with E-state index in [0.717, 1.165) is 16.7 Å². The molecule has 39 heavy (non-hydrogen) atoms. The summed E-state index contributed by atoms with van der Waals surface area (Å²) >= 11 is 0. The highest BCUT2D eigenvalue weighted by atomic mass is 19.4. The van der Waals surface area contributed by atoms with E-state index in [4.69, 9.17) is 4.98 Å². The zero-order valence-electron chi connectivity index (χ0n) is 20.9. The van der Waals surface area contributed by atoms with E-state index >= 15 is 0 Å². The zero-order valence-corrected chi connectivity index (χ0v) is 20.9. The number of fused-ring (bicyclic) bond motifs is 5. The summed E-state index contributed by atoms with van der Waals surface area (Å²) in [6, 6.07) is 5.36. The highest BCUT2D eigenvalue weighted by Gasteiger charge is 2.65. The quantitative estimate of drug-likeness (QED) is 0.349. The minimum absolute atomic E-state index is 0.0358. The van der Waals surface area contributed by atoms with Crippen molar-refractivity contribution in [2.75, 3.05) is 0 Å². The minimum atomic E-state index is -4.76. The van der Waals surface area contributed by atoms with Gasteiger partial charge < -0.3 is 5.11 Å². The second-order valence-electron chi connectivity index (χ2n) is 10.6. The zero-order chi connectivity index (χ0) is 27.7. The van der Waals surface area contributed by atoms with Crippen LogP contribution in [0.15, 0.2) is 49.1 Å². The average molecular weight is 543 g/mol. The van der Waals surface area contributed by atoms with E-state index in [1.54, 1.807) is 12.3 Å². The van der Waals surface area contributed by atoms with Crippen molar-refractivity contribution in [2.24, 2.45) is 5.41 Å². The summed E-state index contributed by atoms with van der Waals surface area (Å²) in [4.78, 5) is 9.23. The molecule has 0 amide bonds. The summed E-state index contributed by atoms with van der Waals surface area (Å²) in [6.45, 7) is 3.45. The molecule has 3 aromatic heterocycles. The van der Waals surface area contributed by atoms with Gasteiger partial charge in [0.1, 0.15) is 11.6 Å². The van der Waals surface area contributed by atoms with Gasteiger partial charge in [-0.05, 0) is 47.9 Å². The molecule has 1 fully saturated rings. The Labute approximate surface area is 219 Å². The first-order chi connectivity index (χ1) is 18.4. The maximum atomic E-state index is 14.5. The Kier molecular flexibility index (Phi) is 5.62. The Morgan fingerprint density at radius 2 is 1.82 bits per heavy atom. The molecule has 2 bridgehead atoms. The third kappa shape index (κ3) is 3.75. The lowest BCUT2D eigenvalue weighted by Crippen LogP contribution is -2.38. The monoisotopic (exact) mass is 542 g/mol. The third-order valence-corrected chi connectivity index (χ3v) is 8.34. The first-order valence-corrected chi connectivity index (χ1v) is 12.4. The molecule has 0 radical (unpaired) electrons. The number of aromatic nitrogens is 6. The summed E-state index contributed by atoms with van der Waals surface area (Å²) in [6.07, 6.45) is 0.0761. The number of benzene rings is 1. The van der Waals surface area contributed by atoms with Gasteiger partial charge in [0.25, 0.3) is 0 Å². The van der Waals surface area contributed by atoms with E-state index in [-0.39, 0.29) is 22.6 Å². The maximum absolute atomic E-state index is 14.5. The fourth-order valence-corrected chi connectivity index (χ4v) is 6.34. The van der Waals surface area contributed by atoms with Crippen molar-refractivity contribution in [1.29, 1.82) is 0 Å². The maximum Gasteiger partial charge on any atom is 0.416 e. The molecule has 6 rings (SSSR count). The van der Waals surface area contributed by atoms with E-state index in [2.05, 4.69) is 34.1 Å². The number of aliphatic hydroxyl groups is 1. The predicted molar refractivity (Wildman–Crippen MR) is 129 cm³/mol. The number of halogens is 5. The van der Waals surface area contributed by atoms with Crippen LogP contribution in [0.4, 0.5) is 22.0 Å². The van der Waals surface area contributed by atoms with Crippen molar-refractivity contribution in [2.45, 2.75) is 56.8 Å². The van der Waals surface area contributed by atoms with Crippen molar-refractivity contribution < 1.29 is 27.1 Å². The number of hydrogen-bond donors (Lipinski definition) is 1. The second-order valence-corrected chi connectivity index (χ2v) is 10.6. The van der Waals surface area contributed by atoms with Crippen LogP contribution in [-0.4, -0.2) is 47.3 Å². The minimum Gasteiger partial charge on any atom is -0.382 e. The van der Waals surface area contributed by atoms with Crippen LogP contribution in [0.1, 0.15) is 49.6 Å². The molecule has 0 saturated heterocycles. The van der Waals surface area contributed by atoms with Gasteiger partial charge in [0.2, 0.25) is 0 Å². The highest BCUT2D eigenvalue weighted by molar-refractivity contribution is 5.64. The molecular weight excluding hydrogens is 519 g/mol. The van der Waals surface area contributed by atoms with Gasteiger partial charge in [-0.1, -0.05) is 19.9 Å². The molecule has 4 aromatic rings. The van der Waals surface area contributed by atoms with Crippen LogP contribution in [0.2, 0.25) is 0 Å². The normalized spacial score (nSPS) is 22.2. The standard InChI is InChI=1S/C27H23F5N6O/c1-25(2)16-6-7-26(25,24-15(16)8-19(36-37-24)23-17(28)4-3-5-18(23)29)21-11-33-10-20(35-21)14-9-34-38(12-14)13-22(39)27(30,31)32/h3-5,8-12,16,22,39H,6-7,13H2,1-2H3/t16-,22+,26-/m0/s1. The van der Waals surface area contributed by atoms with Gasteiger partial charge in [-0.25, -0.2) is 13.8 Å². The molecule has 1 aromatic carbocycles. The molecule has 12 heteroatoms. The third-order valence-electron chi connectivity index (χ3n) is 8.34. The molecule has 1 saturated carbocycles. The summed E-state index contributed by atoms with van der Waals surface area (Å²) < 4.78 is 68.3. The van der Waals surface area contributed by atoms with E-state index in [1.807, 2.05) is 0 Å². The number of alkyl halides is 3. The molecule has 1 N–H and O–H groups in total. The summed E-state index contributed by atoms with van der Waals surface area (Å²) in [7, 11) is 0. The topological polar surface area (TPSA) is 89.6 Å². The Morgan fingerprint density at radius 1 is 1.08 bits per heavy atom. The van der Waals surface area contributed by atoms with Crippen molar-refractivity contribution in [3.8, 4) is 22.5 Å².